The molecule has 0 spiro atoms. The lowest BCUT2D eigenvalue weighted by Gasteiger charge is -2.44. The first-order chi connectivity index (χ1) is 7.11. The van der Waals surface area contributed by atoms with Crippen molar-refractivity contribution < 1.29 is 8.42 Å². The van der Waals surface area contributed by atoms with Crippen LogP contribution < -0.4 is 4.72 Å². The number of nitrogens with one attached hydrogen (secondary N) is 1. The summed E-state index contributed by atoms with van der Waals surface area (Å²) in [4.78, 5) is 2.33. The minimum Gasteiger partial charge on any atom is -0.302 e. The highest BCUT2D eigenvalue weighted by atomic mass is 32.2. The molecular weight excluding hydrogens is 212 g/mol. The second-order valence-corrected chi connectivity index (χ2v) is 6.23. The van der Waals surface area contributed by atoms with E-state index >= 15 is 0 Å². The number of hydrogen-bond donors (Lipinski definition) is 1. The Morgan fingerprint density at radius 2 is 2.07 bits per heavy atom. The fraction of sp³-hybridized carbons (Fsp3) is 0.800. The van der Waals surface area contributed by atoms with Crippen molar-refractivity contribution >= 4 is 10.0 Å². The van der Waals surface area contributed by atoms with Crippen LogP contribution in [-0.2, 0) is 10.0 Å². The van der Waals surface area contributed by atoms with Gasteiger partial charge in [0.05, 0.1) is 5.75 Å². The van der Waals surface area contributed by atoms with Gasteiger partial charge >= 0.3 is 0 Å². The highest BCUT2D eigenvalue weighted by Gasteiger charge is 2.35. The van der Waals surface area contributed by atoms with Gasteiger partial charge in [0, 0.05) is 12.6 Å². The molecule has 3 rings (SSSR count). The zero-order valence-corrected chi connectivity index (χ0v) is 9.67. The van der Waals surface area contributed by atoms with E-state index in [-0.39, 0.29) is 11.8 Å². The first kappa shape index (κ1) is 11.1. The monoisotopic (exact) mass is 230 g/mol. The fourth-order valence-electron chi connectivity index (χ4n) is 2.53. The van der Waals surface area contributed by atoms with Crippen molar-refractivity contribution in [3.63, 3.8) is 0 Å². The summed E-state index contributed by atoms with van der Waals surface area (Å²) in [6.45, 7) is 6.59. The second-order valence-electron chi connectivity index (χ2n) is 4.43. The quantitative estimate of drug-likeness (QED) is 0.701. The summed E-state index contributed by atoms with van der Waals surface area (Å²) in [5, 5.41) is 0. The van der Waals surface area contributed by atoms with Gasteiger partial charge in [0.15, 0.2) is 0 Å². The van der Waals surface area contributed by atoms with E-state index in [2.05, 4.69) is 16.2 Å². The first-order valence-corrected chi connectivity index (χ1v) is 7.09. The lowest BCUT2D eigenvalue weighted by Crippen LogP contribution is -2.57. The number of hydrogen-bond acceptors (Lipinski definition) is 3. The molecule has 3 saturated heterocycles. The van der Waals surface area contributed by atoms with E-state index in [4.69, 9.17) is 0 Å². The second kappa shape index (κ2) is 4.23. The Morgan fingerprint density at radius 1 is 1.40 bits per heavy atom. The minimum atomic E-state index is -3.15. The molecule has 1 atom stereocenters. The molecule has 0 radical (unpaired) electrons. The standard InChI is InChI=1S/C10H18N2O2S/c1-2-7-15(13,14)11-10-8-12-5-3-9(10)4-6-12/h2,9-11H,1,3-8H2. The number of sulfonamides is 1. The molecule has 4 nitrogen and oxygen atoms in total. The van der Waals surface area contributed by atoms with E-state index < -0.39 is 10.0 Å². The average Bonchev–Trinajstić information content (AvgIpc) is 2.18. The maximum Gasteiger partial charge on any atom is 0.215 e. The Bertz CT molecular complexity index is 331. The zero-order valence-electron chi connectivity index (χ0n) is 8.85. The predicted molar refractivity (Wildman–Crippen MR) is 60.1 cm³/mol. The van der Waals surface area contributed by atoms with Crippen molar-refractivity contribution in [3.05, 3.63) is 12.7 Å². The zero-order chi connectivity index (χ0) is 10.9. The Hall–Kier alpha value is -0.390. The molecule has 3 aliphatic rings. The first-order valence-electron chi connectivity index (χ1n) is 5.44. The van der Waals surface area contributed by atoms with Gasteiger partial charge in [-0.15, -0.1) is 6.58 Å². The summed E-state index contributed by atoms with van der Waals surface area (Å²) in [6.07, 6.45) is 3.69. The molecule has 0 aromatic heterocycles. The molecule has 0 aromatic carbocycles. The van der Waals surface area contributed by atoms with Crippen LogP contribution in [0, 0.1) is 5.92 Å². The molecule has 3 heterocycles. The Balaban J connectivity index is 1.98. The van der Waals surface area contributed by atoms with Crippen LogP contribution in [0.4, 0.5) is 0 Å². The van der Waals surface area contributed by atoms with E-state index in [9.17, 15) is 8.42 Å². The largest absolute Gasteiger partial charge is 0.302 e. The van der Waals surface area contributed by atoms with Crippen molar-refractivity contribution in [1.29, 1.82) is 0 Å². The lowest BCUT2D eigenvalue weighted by molar-refractivity contribution is 0.0827. The summed E-state index contributed by atoms with van der Waals surface area (Å²) in [6, 6.07) is 0.123. The molecule has 1 N–H and O–H groups in total. The molecule has 3 aliphatic heterocycles. The van der Waals surface area contributed by atoms with Crippen molar-refractivity contribution in [1.82, 2.24) is 9.62 Å². The van der Waals surface area contributed by atoms with Gasteiger partial charge in [-0.1, -0.05) is 6.08 Å². The number of piperidine rings is 3. The van der Waals surface area contributed by atoms with E-state index in [0.29, 0.717) is 5.92 Å². The van der Waals surface area contributed by atoms with Crippen LogP contribution in [-0.4, -0.2) is 44.7 Å². The van der Waals surface area contributed by atoms with E-state index in [1.165, 1.54) is 6.08 Å². The summed E-state index contributed by atoms with van der Waals surface area (Å²) < 4.78 is 25.9. The third kappa shape index (κ3) is 2.59. The van der Waals surface area contributed by atoms with Gasteiger partial charge in [0.1, 0.15) is 0 Å². The van der Waals surface area contributed by atoms with Gasteiger partial charge in [-0.3, -0.25) is 0 Å². The molecule has 5 heteroatoms. The fourth-order valence-corrected chi connectivity index (χ4v) is 3.67. The topological polar surface area (TPSA) is 49.4 Å². The number of fused-ring (bicyclic) bond motifs is 3. The lowest BCUT2D eigenvalue weighted by atomic mass is 9.85. The van der Waals surface area contributed by atoms with Gasteiger partial charge in [0.25, 0.3) is 0 Å². The van der Waals surface area contributed by atoms with Crippen LogP contribution in [0.3, 0.4) is 0 Å². The van der Waals surface area contributed by atoms with Gasteiger partial charge in [-0.2, -0.15) is 0 Å². The number of nitrogens with zero attached hydrogens (tertiary/aromatic N) is 1. The van der Waals surface area contributed by atoms with Crippen molar-refractivity contribution in [2.75, 3.05) is 25.4 Å². The molecule has 0 aromatic rings. The van der Waals surface area contributed by atoms with Gasteiger partial charge < -0.3 is 4.90 Å². The molecule has 2 bridgehead atoms. The van der Waals surface area contributed by atoms with Gasteiger partial charge in [0.2, 0.25) is 10.0 Å². The Kier molecular flexibility index (Phi) is 3.13. The molecule has 15 heavy (non-hydrogen) atoms. The smallest absolute Gasteiger partial charge is 0.215 e. The van der Waals surface area contributed by atoms with Crippen LogP contribution >= 0.6 is 0 Å². The molecule has 0 saturated carbocycles. The molecule has 0 amide bonds. The van der Waals surface area contributed by atoms with Crippen molar-refractivity contribution in [2.45, 2.75) is 18.9 Å². The van der Waals surface area contributed by atoms with Crippen LogP contribution in [0.15, 0.2) is 12.7 Å². The van der Waals surface area contributed by atoms with Crippen LogP contribution in [0.1, 0.15) is 12.8 Å². The van der Waals surface area contributed by atoms with Crippen molar-refractivity contribution in [2.24, 2.45) is 5.92 Å². The predicted octanol–water partition coefficient (Wildman–Crippen LogP) is 0.186. The van der Waals surface area contributed by atoms with Crippen LogP contribution in [0.5, 0.6) is 0 Å². The van der Waals surface area contributed by atoms with Crippen LogP contribution in [0.25, 0.3) is 0 Å². The van der Waals surface area contributed by atoms with E-state index in [0.717, 1.165) is 32.5 Å². The third-order valence-corrected chi connectivity index (χ3v) is 4.66. The Labute approximate surface area is 91.4 Å². The highest BCUT2D eigenvalue weighted by molar-refractivity contribution is 7.89. The molecule has 86 valence electrons. The highest BCUT2D eigenvalue weighted by Crippen LogP contribution is 2.27. The van der Waals surface area contributed by atoms with Crippen molar-refractivity contribution in [3.8, 4) is 0 Å². The molecule has 0 aliphatic carbocycles. The molecule has 3 fully saturated rings. The van der Waals surface area contributed by atoms with E-state index in [1.54, 1.807) is 0 Å². The molecule has 1 unspecified atom stereocenters. The average molecular weight is 230 g/mol. The SMILES string of the molecule is C=CCS(=O)(=O)NC1CN2CCC1CC2. The summed E-state index contributed by atoms with van der Waals surface area (Å²) in [5.74, 6) is 0.561. The maximum atomic E-state index is 11.6. The summed E-state index contributed by atoms with van der Waals surface area (Å²) in [5.41, 5.74) is 0. The third-order valence-electron chi connectivity index (χ3n) is 3.32. The molecular formula is C10H18N2O2S. The number of rotatable bonds is 4. The normalized spacial score (nSPS) is 35.3. The summed E-state index contributed by atoms with van der Waals surface area (Å²) in [7, 11) is -3.15. The summed E-state index contributed by atoms with van der Waals surface area (Å²) >= 11 is 0. The van der Waals surface area contributed by atoms with E-state index in [1.807, 2.05) is 0 Å². The maximum absolute atomic E-state index is 11.6. The minimum absolute atomic E-state index is 0.0240. The van der Waals surface area contributed by atoms with Gasteiger partial charge in [-0.05, 0) is 31.8 Å². The Morgan fingerprint density at radius 3 is 2.53 bits per heavy atom. The van der Waals surface area contributed by atoms with Crippen LogP contribution in [0.2, 0.25) is 0 Å². The van der Waals surface area contributed by atoms with Gasteiger partial charge in [-0.25, -0.2) is 13.1 Å².